The van der Waals surface area contributed by atoms with Gasteiger partial charge in [0, 0.05) is 30.9 Å². The molecule has 0 aromatic heterocycles. The van der Waals surface area contributed by atoms with E-state index in [1.807, 2.05) is 24.3 Å². The highest BCUT2D eigenvalue weighted by molar-refractivity contribution is 5.95. The fraction of sp³-hybridized carbons (Fsp3) is 0.462. The molecule has 1 aromatic carbocycles. The van der Waals surface area contributed by atoms with Crippen molar-refractivity contribution in [3.8, 4) is 0 Å². The zero-order valence-corrected chi connectivity index (χ0v) is 10.7. The van der Waals surface area contributed by atoms with Crippen molar-refractivity contribution in [2.24, 2.45) is 5.73 Å². The van der Waals surface area contributed by atoms with Gasteiger partial charge in [-0.3, -0.25) is 5.41 Å². The number of ether oxygens (including phenoxy) is 1. The van der Waals surface area contributed by atoms with Crippen LogP contribution in [-0.2, 0) is 4.74 Å². The second kappa shape index (κ2) is 6.25. The van der Waals surface area contributed by atoms with Crippen LogP contribution in [-0.4, -0.2) is 32.1 Å². The fourth-order valence-corrected chi connectivity index (χ4v) is 1.91. The fourth-order valence-electron chi connectivity index (χ4n) is 1.91. The standard InChI is InChI=1S/C13H21N3O/c1-4-16(10(2)9-17-3)12-7-5-11(6-8-12)13(14)15/h5-8,10H,4,9H2,1-3H3,(H3,14,15). The summed E-state index contributed by atoms with van der Waals surface area (Å²) in [4.78, 5) is 2.26. The summed E-state index contributed by atoms with van der Waals surface area (Å²) < 4.78 is 5.17. The topological polar surface area (TPSA) is 62.3 Å². The zero-order chi connectivity index (χ0) is 12.8. The number of nitrogens with one attached hydrogen (secondary N) is 1. The molecule has 4 heteroatoms. The third kappa shape index (κ3) is 3.46. The van der Waals surface area contributed by atoms with Crippen molar-refractivity contribution >= 4 is 11.5 Å². The van der Waals surface area contributed by atoms with E-state index in [0.717, 1.165) is 17.8 Å². The van der Waals surface area contributed by atoms with Crippen molar-refractivity contribution in [3.63, 3.8) is 0 Å². The van der Waals surface area contributed by atoms with E-state index >= 15 is 0 Å². The maximum atomic E-state index is 7.35. The van der Waals surface area contributed by atoms with E-state index in [1.54, 1.807) is 7.11 Å². The highest BCUT2D eigenvalue weighted by Gasteiger charge is 2.12. The van der Waals surface area contributed by atoms with Gasteiger partial charge in [0.15, 0.2) is 0 Å². The summed E-state index contributed by atoms with van der Waals surface area (Å²) in [5, 5.41) is 7.35. The van der Waals surface area contributed by atoms with E-state index in [2.05, 4.69) is 18.7 Å². The molecular weight excluding hydrogens is 214 g/mol. The summed E-state index contributed by atoms with van der Waals surface area (Å²) in [7, 11) is 1.71. The van der Waals surface area contributed by atoms with Crippen LogP contribution in [0, 0.1) is 5.41 Å². The average molecular weight is 235 g/mol. The molecule has 0 saturated heterocycles. The predicted molar refractivity (Wildman–Crippen MR) is 71.8 cm³/mol. The zero-order valence-electron chi connectivity index (χ0n) is 10.7. The average Bonchev–Trinajstić information content (AvgIpc) is 2.31. The molecule has 0 aliphatic heterocycles. The molecule has 0 bridgehead atoms. The van der Waals surface area contributed by atoms with Crippen molar-refractivity contribution in [1.29, 1.82) is 5.41 Å². The van der Waals surface area contributed by atoms with Gasteiger partial charge in [-0.25, -0.2) is 0 Å². The number of amidine groups is 1. The first kappa shape index (κ1) is 13.5. The first-order chi connectivity index (χ1) is 8.10. The number of methoxy groups -OCH3 is 1. The van der Waals surface area contributed by atoms with Crippen molar-refractivity contribution in [2.45, 2.75) is 19.9 Å². The van der Waals surface area contributed by atoms with E-state index in [9.17, 15) is 0 Å². The molecule has 0 heterocycles. The molecule has 0 spiro atoms. The van der Waals surface area contributed by atoms with Gasteiger partial charge in [-0.15, -0.1) is 0 Å². The molecule has 17 heavy (non-hydrogen) atoms. The van der Waals surface area contributed by atoms with Gasteiger partial charge in [0.25, 0.3) is 0 Å². The first-order valence-electron chi connectivity index (χ1n) is 5.80. The number of anilines is 1. The lowest BCUT2D eigenvalue weighted by atomic mass is 10.1. The Morgan fingerprint density at radius 3 is 2.41 bits per heavy atom. The third-order valence-electron chi connectivity index (χ3n) is 2.79. The molecule has 94 valence electrons. The van der Waals surface area contributed by atoms with Crippen LogP contribution in [0.1, 0.15) is 19.4 Å². The number of nitrogen functional groups attached to an aromatic ring is 1. The van der Waals surface area contributed by atoms with Crippen LogP contribution < -0.4 is 10.6 Å². The number of nitrogens with zero attached hydrogens (tertiary/aromatic N) is 1. The van der Waals surface area contributed by atoms with Gasteiger partial charge in [-0.05, 0) is 38.1 Å². The van der Waals surface area contributed by atoms with Gasteiger partial charge in [-0.2, -0.15) is 0 Å². The summed E-state index contributed by atoms with van der Waals surface area (Å²) in [6, 6.07) is 8.06. The van der Waals surface area contributed by atoms with E-state index in [0.29, 0.717) is 12.6 Å². The molecule has 1 aromatic rings. The van der Waals surface area contributed by atoms with E-state index in [4.69, 9.17) is 15.9 Å². The maximum Gasteiger partial charge on any atom is 0.122 e. The molecule has 3 N–H and O–H groups in total. The summed E-state index contributed by atoms with van der Waals surface area (Å²) in [6.45, 7) is 5.86. The Bertz CT molecular complexity index is 361. The number of benzene rings is 1. The molecule has 0 amide bonds. The minimum atomic E-state index is 0.101. The quantitative estimate of drug-likeness (QED) is 0.584. The minimum Gasteiger partial charge on any atom is -0.384 e. The smallest absolute Gasteiger partial charge is 0.122 e. The molecule has 1 atom stereocenters. The van der Waals surface area contributed by atoms with Gasteiger partial charge < -0.3 is 15.4 Å². The van der Waals surface area contributed by atoms with Gasteiger partial charge in [0.05, 0.1) is 6.61 Å². The molecule has 1 unspecified atom stereocenters. The number of likely N-dealkylation sites (N-methyl/N-ethyl adjacent to an activating group) is 1. The number of hydrogen-bond donors (Lipinski definition) is 2. The van der Waals surface area contributed by atoms with Gasteiger partial charge in [0.1, 0.15) is 5.84 Å². The maximum absolute atomic E-state index is 7.35. The Labute approximate surface area is 103 Å². The lowest BCUT2D eigenvalue weighted by Gasteiger charge is -2.29. The number of nitrogens with two attached hydrogens (primary N) is 1. The largest absolute Gasteiger partial charge is 0.384 e. The summed E-state index contributed by atoms with van der Waals surface area (Å²) in [6.07, 6.45) is 0. The van der Waals surface area contributed by atoms with Crippen molar-refractivity contribution < 1.29 is 4.74 Å². The summed E-state index contributed by atoms with van der Waals surface area (Å²) >= 11 is 0. The summed E-state index contributed by atoms with van der Waals surface area (Å²) in [5.41, 5.74) is 7.31. The lowest BCUT2D eigenvalue weighted by Crippen LogP contribution is -2.36. The molecule has 4 nitrogen and oxygen atoms in total. The Morgan fingerprint density at radius 1 is 1.41 bits per heavy atom. The van der Waals surface area contributed by atoms with E-state index in [1.165, 1.54) is 0 Å². The SMILES string of the molecule is CCN(c1ccc(C(=N)N)cc1)C(C)COC. The van der Waals surface area contributed by atoms with Crippen LogP contribution in [0.15, 0.2) is 24.3 Å². The first-order valence-corrected chi connectivity index (χ1v) is 5.80. The van der Waals surface area contributed by atoms with Crippen LogP contribution in [0.2, 0.25) is 0 Å². The normalized spacial score (nSPS) is 12.2. The van der Waals surface area contributed by atoms with Crippen LogP contribution >= 0.6 is 0 Å². The van der Waals surface area contributed by atoms with Crippen LogP contribution in [0.5, 0.6) is 0 Å². The van der Waals surface area contributed by atoms with Crippen LogP contribution in [0.3, 0.4) is 0 Å². The van der Waals surface area contributed by atoms with E-state index < -0.39 is 0 Å². The molecule has 0 aliphatic carbocycles. The van der Waals surface area contributed by atoms with Gasteiger partial charge in [-0.1, -0.05) is 0 Å². The van der Waals surface area contributed by atoms with Crippen molar-refractivity contribution in [1.82, 2.24) is 0 Å². The highest BCUT2D eigenvalue weighted by Crippen LogP contribution is 2.17. The molecule has 0 radical (unpaired) electrons. The van der Waals surface area contributed by atoms with Gasteiger partial charge >= 0.3 is 0 Å². The van der Waals surface area contributed by atoms with Gasteiger partial charge in [0.2, 0.25) is 0 Å². The number of rotatable bonds is 6. The Balaban J connectivity index is 2.85. The second-order valence-electron chi connectivity index (χ2n) is 4.05. The molecule has 0 fully saturated rings. The molecule has 0 saturated carbocycles. The summed E-state index contributed by atoms with van der Waals surface area (Å²) in [5.74, 6) is 0.101. The lowest BCUT2D eigenvalue weighted by molar-refractivity contribution is 0.182. The third-order valence-corrected chi connectivity index (χ3v) is 2.79. The number of hydrogen-bond acceptors (Lipinski definition) is 3. The molecular formula is C13H21N3O. The monoisotopic (exact) mass is 235 g/mol. The predicted octanol–water partition coefficient (Wildman–Crippen LogP) is 1.83. The highest BCUT2D eigenvalue weighted by atomic mass is 16.5. The molecule has 0 aliphatic rings. The molecule has 1 rings (SSSR count). The Kier molecular flexibility index (Phi) is 4.97. The Hall–Kier alpha value is -1.55. The Morgan fingerprint density at radius 2 is 2.00 bits per heavy atom. The van der Waals surface area contributed by atoms with E-state index in [-0.39, 0.29) is 5.84 Å². The van der Waals surface area contributed by atoms with Crippen LogP contribution in [0.25, 0.3) is 0 Å². The van der Waals surface area contributed by atoms with Crippen molar-refractivity contribution in [3.05, 3.63) is 29.8 Å². The minimum absolute atomic E-state index is 0.101. The van der Waals surface area contributed by atoms with Crippen molar-refractivity contribution in [2.75, 3.05) is 25.2 Å². The van der Waals surface area contributed by atoms with Crippen LogP contribution in [0.4, 0.5) is 5.69 Å². The second-order valence-corrected chi connectivity index (χ2v) is 4.05.